The number of fused-ring (bicyclic) bond motifs is 1. The molecule has 0 aliphatic carbocycles. The number of esters is 2. The van der Waals surface area contributed by atoms with Crippen LogP contribution in [0.1, 0.15) is 35.5 Å². The third kappa shape index (κ3) is 5.52. The molecule has 0 unspecified atom stereocenters. The number of carbonyl (C=O) groups is 3. The Balaban J connectivity index is 2.22. The molecule has 10 heteroatoms. The topological polar surface area (TPSA) is 107 Å². The molecule has 0 aliphatic heterocycles. The molecule has 1 aromatic heterocycles. The second kappa shape index (κ2) is 11.1. The van der Waals surface area contributed by atoms with E-state index in [1.54, 1.807) is 44.2 Å². The molecule has 0 bridgehead atoms. The Morgan fingerprint density at radius 1 is 1.06 bits per heavy atom. The number of hydrogen-bond donors (Lipinski definition) is 2. The molecular formula is C24H22Cl2N2O6. The SMILES string of the molecule is CCOC(=O)Nc1cccc(/C(=C\c2c(C(=O)OCC)[nH]c3cc(Cl)cc(Cl)c23)C(=O)OC)c1. The maximum absolute atomic E-state index is 12.8. The van der Waals surface area contributed by atoms with Crippen LogP contribution < -0.4 is 5.32 Å². The molecule has 0 spiro atoms. The van der Waals surface area contributed by atoms with E-state index in [4.69, 9.17) is 37.4 Å². The zero-order chi connectivity index (χ0) is 24.8. The highest BCUT2D eigenvalue weighted by atomic mass is 35.5. The summed E-state index contributed by atoms with van der Waals surface area (Å²) in [6.07, 6.45) is 0.855. The van der Waals surface area contributed by atoms with E-state index in [1.807, 2.05) is 0 Å². The van der Waals surface area contributed by atoms with Crippen LogP contribution >= 0.6 is 23.2 Å². The Labute approximate surface area is 205 Å². The van der Waals surface area contributed by atoms with Crippen LogP contribution in [0.25, 0.3) is 22.6 Å². The minimum absolute atomic E-state index is 0.100. The number of anilines is 1. The fourth-order valence-corrected chi connectivity index (χ4v) is 3.94. The Morgan fingerprint density at radius 3 is 2.47 bits per heavy atom. The lowest BCUT2D eigenvalue weighted by molar-refractivity contribution is -0.133. The van der Waals surface area contributed by atoms with E-state index in [0.717, 1.165) is 0 Å². The van der Waals surface area contributed by atoms with Gasteiger partial charge in [-0.3, -0.25) is 5.32 Å². The average Bonchev–Trinajstić information content (AvgIpc) is 3.15. The van der Waals surface area contributed by atoms with Crippen molar-refractivity contribution in [2.45, 2.75) is 13.8 Å². The fourth-order valence-electron chi connectivity index (χ4n) is 3.35. The molecule has 8 nitrogen and oxygen atoms in total. The van der Waals surface area contributed by atoms with E-state index in [9.17, 15) is 14.4 Å². The van der Waals surface area contributed by atoms with Crippen molar-refractivity contribution in [3.8, 4) is 0 Å². The van der Waals surface area contributed by atoms with Crippen LogP contribution in [0.3, 0.4) is 0 Å². The third-order valence-electron chi connectivity index (χ3n) is 4.72. The highest BCUT2D eigenvalue weighted by molar-refractivity contribution is 6.39. The molecule has 1 amide bonds. The number of amides is 1. The van der Waals surface area contributed by atoms with Gasteiger partial charge in [0.05, 0.1) is 30.9 Å². The van der Waals surface area contributed by atoms with Crippen LogP contribution in [0, 0.1) is 0 Å². The van der Waals surface area contributed by atoms with Crippen LogP contribution in [0.5, 0.6) is 0 Å². The lowest BCUT2D eigenvalue weighted by Gasteiger charge is -2.10. The summed E-state index contributed by atoms with van der Waals surface area (Å²) >= 11 is 12.6. The normalized spacial score (nSPS) is 11.3. The summed E-state index contributed by atoms with van der Waals surface area (Å²) < 4.78 is 15.1. The Morgan fingerprint density at radius 2 is 1.79 bits per heavy atom. The first-order valence-electron chi connectivity index (χ1n) is 10.3. The summed E-state index contributed by atoms with van der Waals surface area (Å²) in [5, 5.41) is 3.72. The van der Waals surface area contributed by atoms with Crippen molar-refractivity contribution < 1.29 is 28.6 Å². The number of aromatic nitrogens is 1. The summed E-state index contributed by atoms with van der Waals surface area (Å²) in [5.41, 5.74) is 1.87. The van der Waals surface area contributed by atoms with E-state index in [-0.39, 0.29) is 29.5 Å². The van der Waals surface area contributed by atoms with Gasteiger partial charge in [0.15, 0.2) is 0 Å². The fraction of sp³-hybridized carbons (Fsp3) is 0.208. The molecule has 3 aromatic rings. The van der Waals surface area contributed by atoms with E-state index in [1.165, 1.54) is 19.3 Å². The van der Waals surface area contributed by atoms with Gasteiger partial charge in [0.2, 0.25) is 0 Å². The van der Waals surface area contributed by atoms with Gasteiger partial charge in [0, 0.05) is 27.2 Å². The van der Waals surface area contributed by atoms with Gasteiger partial charge >= 0.3 is 18.0 Å². The number of H-pyrrole nitrogens is 1. The Kier molecular flexibility index (Phi) is 8.20. The Bertz CT molecular complexity index is 1280. The van der Waals surface area contributed by atoms with Crippen molar-refractivity contribution in [2.24, 2.45) is 0 Å². The molecule has 34 heavy (non-hydrogen) atoms. The van der Waals surface area contributed by atoms with Crippen LogP contribution in [0.2, 0.25) is 10.0 Å². The minimum Gasteiger partial charge on any atom is -0.465 e. The number of halogens is 2. The van der Waals surface area contributed by atoms with E-state index in [2.05, 4.69) is 10.3 Å². The summed E-state index contributed by atoms with van der Waals surface area (Å²) in [7, 11) is 1.24. The average molecular weight is 505 g/mol. The third-order valence-corrected chi connectivity index (χ3v) is 5.24. The number of methoxy groups -OCH3 is 1. The van der Waals surface area contributed by atoms with Crippen molar-refractivity contribution in [1.82, 2.24) is 4.98 Å². The van der Waals surface area contributed by atoms with E-state index in [0.29, 0.717) is 32.7 Å². The lowest BCUT2D eigenvalue weighted by Crippen LogP contribution is -2.13. The highest BCUT2D eigenvalue weighted by Gasteiger charge is 2.23. The number of carbonyl (C=O) groups excluding carboxylic acids is 3. The minimum atomic E-state index is -0.664. The summed E-state index contributed by atoms with van der Waals surface area (Å²) in [5.74, 6) is -1.29. The van der Waals surface area contributed by atoms with E-state index >= 15 is 0 Å². The summed E-state index contributed by atoms with van der Waals surface area (Å²) in [4.78, 5) is 40.3. The van der Waals surface area contributed by atoms with Crippen molar-refractivity contribution in [2.75, 3.05) is 25.6 Å². The molecule has 0 atom stereocenters. The van der Waals surface area contributed by atoms with Gasteiger partial charge < -0.3 is 19.2 Å². The highest BCUT2D eigenvalue weighted by Crippen LogP contribution is 2.35. The molecule has 0 saturated heterocycles. The molecule has 1 heterocycles. The van der Waals surface area contributed by atoms with Crippen molar-refractivity contribution in [3.63, 3.8) is 0 Å². The van der Waals surface area contributed by atoms with Crippen LogP contribution in [-0.2, 0) is 19.0 Å². The van der Waals surface area contributed by atoms with Gasteiger partial charge in [-0.15, -0.1) is 0 Å². The zero-order valence-electron chi connectivity index (χ0n) is 18.7. The van der Waals surface area contributed by atoms with Gasteiger partial charge in [-0.1, -0.05) is 35.3 Å². The second-order valence-corrected chi connectivity index (χ2v) is 7.76. The smallest absolute Gasteiger partial charge is 0.411 e. The van der Waals surface area contributed by atoms with Crippen LogP contribution in [-0.4, -0.2) is 43.3 Å². The van der Waals surface area contributed by atoms with Gasteiger partial charge in [0.25, 0.3) is 0 Å². The molecule has 178 valence electrons. The molecule has 0 radical (unpaired) electrons. The van der Waals surface area contributed by atoms with Crippen molar-refractivity contribution in [3.05, 3.63) is 63.3 Å². The second-order valence-electron chi connectivity index (χ2n) is 6.92. The molecule has 2 N–H and O–H groups in total. The Hall–Kier alpha value is -3.49. The molecule has 0 saturated carbocycles. The quantitative estimate of drug-likeness (QED) is 0.234. The number of nitrogens with one attached hydrogen (secondary N) is 2. The largest absolute Gasteiger partial charge is 0.465 e. The van der Waals surface area contributed by atoms with Crippen molar-refractivity contribution in [1.29, 1.82) is 0 Å². The maximum Gasteiger partial charge on any atom is 0.411 e. The van der Waals surface area contributed by atoms with Crippen molar-refractivity contribution >= 4 is 69.5 Å². The number of aromatic amines is 1. The van der Waals surface area contributed by atoms with Gasteiger partial charge in [-0.2, -0.15) is 0 Å². The predicted molar refractivity (Wildman–Crippen MR) is 131 cm³/mol. The number of benzene rings is 2. The number of hydrogen-bond acceptors (Lipinski definition) is 6. The monoisotopic (exact) mass is 504 g/mol. The molecule has 0 fully saturated rings. The number of ether oxygens (including phenoxy) is 3. The molecule has 3 rings (SSSR count). The summed E-state index contributed by atoms with van der Waals surface area (Å²) in [6, 6.07) is 9.69. The first-order chi connectivity index (χ1) is 16.3. The zero-order valence-corrected chi connectivity index (χ0v) is 20.2. The maximum atomic E-state index is 12.8. The van der Waals surface area contributed by atoms with Gasteiger partial charge in [-0.05, 0) is 49.8 Å². The standard InChI is InChI=1S/C24H22Cl2N2O6/c1-4-33-23(30)21-17(20-18(26)10-14(25)11-19(20)28-21)12-16(22(29)32-3)13-7-6-8-15(9-13)27-24(31)34-5-2/h6-12,28H,4-5H2,1-3H3,(H,27,31)/b16-12+. The van der Waals surface area contributed by atoms with Gasteiger partial charge in [0.1, 0.15) is 5.69 Å². The molecule has 0 aliphatic rings. The van der Waals surface area contributed by atoms with Crippen LogP contribution in [0.4, 0.5) is 10.5 Å². The van der Waals surface area contributed by atoms with Gasteiger partial charge in [-0.25, -0.2) is 14.4 Å². The molecular weight excluding hydrogens is 483 g/mol. The van der Waals surface area contributed by atoms with E-state index < -0.39 is 18.0 Å². The first-order valence-corrected chi connectivity index (χ1v) is 11.1. The lowest BCUT2D eigenvalue weighted by atomic mass is 10.0. The first kappa shape index (κ1) is 25.1. The summed E-state index contributed by atoms with van der Waals surface area (Å²) in [6.45, 7) is 3.73. The predicted octanol–water partition coefficient (Wildman–Crippen LogP) is 5.93. The van der Waals surface area contributed by atoms with Crippen LogP contribution in [0.15, 0.2) is 36.4 Å². The molecule has 2 aromatic carbocycles. The number of rotatable bonds is 7.